The van der Waals surface area contributed by atoms with Crippen molar-refractivity contribution in [2.75, 3.05) is 5.32 Å². The first-order chi connectivity index (χ1) is 13.0. The number of rotatable bonds is 6. The maximum Gasteiger partial charge on any atom is 0.276 e. The average molecular weight is 428 g/mol. The lowest BCUT2D eigenvalue weighted by atomic mass is 10.1. The first kappa shape index (κ1) is 19.3. The fraction of sp³-hybridized carbons (Fsp3) is 0.286. The van der Waals surface area contributed by atoms with E-state index >= 15 is 0 Å². The topological polar surface area (TPSA) is 64.0 Å². The molecular weight excluding hydrogens is 406 g/mol. The van der Waals surface area contributed by atoms with Gasteiger partial charge in [0.1, 0.15) is 0 Å². The van der Waals surface area contributed by atoms with E-state index in [1.54, 1.807) is 18.2 Å². The minimum Gasteiger partial charge on any atom is -0.320 e. The Balaban J connectivity index is 2.02. The van der Waals surface area contributed by atoms with Crippen molar-refractivity contribution in [1.29, 1.82) is 0 Å². The highest BCUT2D eigenvalue weighted by atomic mass is 79.9. The van der Waals surface area contributed by atoms with Gasteiger partial charge in [0.15, 0.2) is 5.69 Å². The number of nitrogens with zero attached hydrogens (tertiary/aromatic N) is 2. The second-order valence-corrected chi connectivity index (χ2v) is 7.46. The van der Waals surface area contributed by atoms with Gasteiger partial charge in [-0.2, -0.15) is 5.10 Å². The molecule has 3 rings (SSSR count). The number of amides is 1. The first-order valence-corrected chi connectivity index (χ1v) is 9.88. The number of unbranched alkanes of at least 4 members (excludes halogenated alkanes) is 2. The normalized spacial score (nSPS) is 10.9. The summed E-state index contributed by atoms with van der Waals surface area (Å²) in [6.07, 6.45) is 2.92. The largest absolute Gasteiger partial charge is 0.320 e. The Hall–Kier alpha value is -2.47. The summed E-state index contributed by atoms with van der Waals surface area (Å²) in [5, 5.41) is 8.41. The Morgan fingerprint density at radius 2 is 1.89 bits per heavy atom. The van der Waals surface area contributed by atoms with Crippen LogP contribution in [0, 0.1) is 6.92 Å². The molecule has 27 heavy (non-hydrogen) atoms. The second kappa shape index (κ2) is 8.48. The molecule has 140 valence electrons. The Bertz CT molecular complexity index is 1040. The van der Waals surface area contributed by atoms with E-state index in [0.717, 1.165) is 35.0 Å². The summed E-state index contributed by atoms with van der Waals surface area (Å²) >= 11 is 3.42. The fourth-order valence-corrected chi connectivity index (χ4v) is 3.49. The van der Waals surface area contributed by atoms with Gasteiger partial charge in [0.2, 0.25) is 0 Å². The van der Waals surface area contributed by atoms with Gasteiger partial charge in [0.05, 0.1) is 5.39 Å². The molecule has 0 unspecified atom stereocenters. The quantitative estimate of drug-likeness (QED) is 0.568. The highest BCUT2D eigenvalue weighted by Gasteiger charge is 2.17. The van der Waals surface area contributed by atoms with Crippen LogP contribution in [0.2, 0.25) is 0 Å². The van der Waals surface area contributed by atoms with Crippen LogP contribution in [-0.2, 0) is 6.54 Å². The van der Waals surface area contributed by atoms with Gasteiger partial charge in [-0.3, -0.25) is 9.59 Å². The van der Waals surface area contributed by atoms with Crippen molar-refractivity contribution < 1.29 is 4.79 Å². The molecular formula is C21H22BrN3O2. The van der Waals surface area contributed by atoms with E-state index in [-0.39, 0.29) is 17.2 Å². The zero-order chi connectivity index (χ0) is 19.4. The number of benzene rings is 2. The summed E-state index contributed by atoms with van der Waals surface area (Å²) in [5.41, 5.74) is 1.78. The third-order valence-electron chi connectivity index (χ3n) is 4.49. The number of anilines is 1. The van der Waals surface area contributed by atoms with Crippen molar-refractivity contribution in [3.8, 4) is 0 Å². The number of carbonyl (C=O) groups is 1. The van der Waals surface area contributed by atoms with Crippen molar-refractivity contribution >= 4 is 38.3 Å². The summed E-state index contributed by atoms with van der Waals surface area (Å²) in [6.45, 7) is 4.54. The average Bonchev–Trinajstić information content (AvgIpc) is 2.66. The minimum absolute atomic E-state index is 0.155. The molecule has 3 aromatic rings. The number of aryl methyl sites for hydroxylation is 2. The van der Waals surface area contributed by atoms with Gasteiger partial charge in [0, 0.05) is 22.1 Å². The van der Waals surface area contributed by atoms with E-state index in [4.69, 9.17) is 0 Å². The van der Waals surface area contributed by atoms with Crippen LogP contribution in [0.25, 0.3) is 10.8 Å². The lowest BCUT2D eigenvalue weighted by molar-refractivity contribution is 0.102. The van der Waals surface area contributed by atoms with E-state index in [0.29, 0.717) is 17.3 Å². The third-order valence-corrected chi connectivity index (χ3v) is 4.99. The second-order valence-electron chi connectivity index (χ2n) is 6.54. The maximum absolute atomic E-state index is 13.0. The van der Waals surface area contributed by atoms with Gasteiger partial charge in [-0.05, 0) is 43.2 Å². The zero-order valence-electron chi connectivity index (χ0n) is 15.5. The van der Waals surface area contributed by atoms with Crippen LogP contribution in [0.3, 0.4) is 0 Å². The molecule has 5 nitrogen and oxygen atoms in total. The van der Waals surface area contributed by atoms with E-state index in [2.05, 4.69) is 33.3 Å². The molecule has 0 saturated carbocycles. The van der Waals surface area contributed by atoms with Crippen LogP contribution >= 0.6 is 15.9 Å². The predicted molar refractivity (Wildman–Crippen MR) is 112 cm³/mol. The van der Waals surface area contributed by atoms with Gasteiger partial charge in [-0.15, -0.1) is 0 Å². The molecule has 0 saturated heterocycles. The van der Waals surface area contributed by atoms with Crippen molar-refractivity contribution in [3.05, 3.63) is 68.5 Å². The molecule has 0 aliphatic rings. The van der Waals surface area contributed by atoms with Crippen molar-refractivity contribution in [3.63, 3.8) is 0 Å². The number of carbonyl (C=O) groups excluding carboxylic acids is 1. The molecule has 0 radical (unpaired) electrons. The van der Waals surface area contributed by atoms with Gasteiger partial charge in [0.25, 0.3) is 11.5 Å². The number of fused-ring (bicyclic) bond motifs is 1. The van der Waals surface area contributed by atoms with Crippen LogP contribution in [-0.4, -0.2) is 15.7 Å². The first-order valence-electron chi connectivity index (χ1n) is 9.08. The maximum atomic E-state index is 13.0. The summed E-state index contributed by atoms with van der Waals surface area (Å²) < 4.78 is 2.37. The van der Waals surface area contributed by atoms with E-state index < -0.39 is 0 Å². The minimum atomic E-state index is -0.319. The van der Waals surface area contributed by atoms with Crippen LogP contribution in [0.4, 0.5) is 5.69 Å². The third kappa shape index (κ3) is 4.27. The molecule has 1 heterocycles. The van der Waals surface area contributed by atoms with Gasteiger partial charge >= 0.3 is 0 Å². The lowest BCUT2D eigenvalue weighted by Crippen LogP contribution is -2.28. The van der Waals surface area contributed by atoms with Crippen LogP contribution in [0.15, 0.2) is 51.7 Å². The molecule has 2 aromatic carbocycles. The van der Waals surface area contributed by atoms with Crippen molar-refractivity contribution in [2.24, 2.45) is 0 Å². The number of nitrogens with one attached hydrogen (secondary N) is 1. The van der Waals surface area contributed by atoms with Crippen molar-refractivity contribution in [2.45, 2.75) is 39.7 Å². The number of aromatic nitrogens is 2. The molecule has 0 aliphatic heterocycles. The Labute approximate surface area is 166 Å². The standard InChI is InChI=1S/C21H22BrN3O2/c1-3-4-7-12-25-21(27)17-9-6-5-8-16(17)19(24-25)20(26)23-18-11-10-15(22)13-14(18)2/h5-6,8-11,13H,3-4,7,12H2,1-2H3,(H,23,26). The molecule has 0 bridgehead atoms. The Morgan fingerprint density at radius 1 is 1.15 bits per heavy atom. The van der Waals surface area contributed by atoms with Crippen LogP contribution in [0.5, 0.6) is 0 Å². The summed E-state index contributed by atoms with van der Waals surface area (Å²) in [7, 11) is 0. The smallest absolute Gasteiger partial charge is 0.276 e. The summed E-state index contributed by atoms with van der Waals surface area (Å²) in [5.74, 6) is -0.319. The molecule has 0 atom stereocenters. The van der Waals surface area contributed by atoms with E-state index in [1.165, 1.54) is 4.68 Å². The Kier molecular flexibility index (Phi) is 6.06. The van der Waals surface area contributed by atoms with Crippen LogP contribution in [0.1, 0.15) is 42.2 Å². The van der Waals surface area contributed by atoms with Gasteiger partial charge in [-0.25, -0.2) is 4.68 Å². The van der Waals surface area contributed by atoms with E-state index in [1.807, 2.05) is 31.2 Å². The molecule has 0 spiro atoms. The molecule has 1 N–H and O–H groups in total. The van der Waals surface area contributed by atoms with Crippen molar-refractivity contribution in [1.82, 2.24) is 9.78 Å². The highest BCUT2D eigenvalue weighted by molar-refractivity contribution is 9.10. The SMILES string of the molecule is CCCCCn1nc(C(=O)Nc2ccc(Br)cc2C)c2ccccc2c1=O. The molecule has 0 aliphatic carbocycles. The highest BCUT2D eigenvalue weighted by Crippen LogP contribution is 2.21. The lowest BCUT2D eigenvalue weighted by Gasteiger charge is -2.12. The number of hydrogen-bond acceptors (Lipinski definition) is 3. The van der Waals surface area contributed by atoms with Crippen LogP contribution < -0.4 is 10.9 Å². The number of hydrogen-bond donors (Lipinski definition) is 1. The molecule has 0 fully saturated rings. The fourth-order valence-electron chi connectivity index (χ4n) is 3.01. The summed E-state index contributed by atoms with van der Waals surface area (Å²) in [6, 6.07) is 12.8. The van der Waals surface area contributed by atoms with Gasteiger partial charge < -0.3 is 5.32 Å². The van der Waals surface area contributed by atoms with Gasteiger partial charge in [-0.1, -0.05) is 53.9 Å². The zero-order valence-corrected chi connectivity index (χ0v) is 17.0. The summed E-state index contributed by atoms with van der Waals surface area (Å²) in [4.78, 5) is 25.7. The molecule has 6 heteroatoms. The molecule has 1 amide bonds. The molecule has 1 aromatic heterocycles. The Morgan fingerprint density at radius 3 is 2.59 bits per heavy atom. The monoisotopic (exact) mass is 427 g/mol. The predicted octanol–water partition coefficient (Wildman–Crippen LogP) is 4.91. The van der Waals surface area contributed by atoms with E-state index in [9.17, 15) is 9.59 Å². The number of halogens is 1.